The Morgan fingerprint density at radius 1 is 1.04 bits per heavy atom. The van der Waals surface area contributed by atoms with E-state index in [1.165, 1.54) is 0 Å². The highest BCUT2D eigenvalue weighted by atomic mass is 16.5. The average Bonchev–Trinajstić information content (AvgIpc) is 2.96. The molecule has 0 unspecified atom stereocenters. The van der Waals surface area contributed by atoms with E-state index in [4.69, 9.17) is 9.84 Å². The summed E-state index contributed by atoms with van der Waals surface area (Å²) in [5.41, 5.74) is 2.13. The van der Waals surface area contributed by atoms with Gasteiger partial charge in [-0.2, -0.15) is 0 Å². The minimum Gasteiger partial charge on any atom is -0.489 e. The number of fused-ring (bicyclic) bond motifs is 1. The van der Waals surface area contributed by atoms with Gasteiger partial charge in [0.15, 0.2) is 5.78 Å². The van der Waals surface area contributed by atoms with Crippen LogP contribution in [0.3, 0.4) is 0 Å². The highest BCUT2D eigenvalue weighted by Crippen LogP contribution is 2.23. The SMILES string of the molecule is O=C(O)CC(=O)c1cc2cc(OCc3ccccc3)ccc2[nH]1. The van der Waals surface area contributed by atoms with Crippen LogP contribution >= 0.6 is 0 Å². The largest absolute Gasteiger partial charge is 0.489 e. The number of carbonyl (C=O) groups is 2. The molecular weight excluding hydrogens is 294 g/mol. The van der Waals surface area contributed by atoms with Gasteiger partial charge in [0.05, 0.1) is 5.69 Å². The number of benzene rings is 2. The Kier molecular flexibility index (Phi) is 4.10. The summed E-state index contributed by atoms with van der Waals surface area (Å²) in [5.74, 6) is -0.890. The first-order chi connectivity index (χ1) is 11.1. The van der Waals surface area contributed by atoms with Crippen molar-refractivity contribution >= 4 is 22.7 Å². The summed E-state index contributed by atoms with van der Waals surface area (Å²) in [6, 6.07) is 16.9. The highest BCUT2D eigenvalue weighted by molar-refractivity contribution is 6.06. The van der Waals surface area contributed by atoms with Crippen molar-refractivity contribution in [1.82, 2.24) is 4.98 Å². The van der Waals surface area contributed by atoms with E-state index in [2.05, 4.69) is 4.98 Å². The number of nitrogens with one attached hydrogen (secondary N) is 1. The van der Waals surface area contributed by atoms with Crippen molar-refractivity contribution in [3.05, 3.63) is 65.9 Å². The summed E-state index contributed by atoms with van der Waals surface area (Å²) in [7, 11) is 0. The van der Waals surface area contributed by atoms with Crippen LogP contribution in [0.15, 0.2) is 54.6 Å². The summed E-state index contributed by atoms with van der Waals surface area (Å²) in [6.45, 7) is 0.460. The Morgan fingerprint density at radius 2 is 1.83 bits per heavy atom. The third-order valence-corrected chi connectivity index (χ3v) is 3.45. The van der Waals surface area contributed by atoms with Gasteiger partial charge in [-0.05, 0) is 29.8 Å². The molecule has 1 aromatic heterocycles. The summed E-state index contributed by atoms with van der Waals surface area (Å²) in [5, 5.41) is 9.50. The van der Waals surface area contributed by atoms with Crippen LogP contribution in [-0.4, -0.2) is 21.8 Å². The molecule has 1 heterocycles. The van der Waals surface area contributed by atoms with Crippen LogP contribution in [0.2, 0.25) is 0 Å². The number of carboxylic acid groups (broad SMARTS) is 1. The molecule has 0 atom stereocenters. The normalized spacial score (nSPS) is 10.6. The third-order valence-electron chi connectivity index (χ3n) is 3.45. The highest BCUT2D eigenvalue weighted by Gasteiger charge is 2.13. The molecular formula is C18H15NO4. The summed E-state index contributed by atoms with van der Waals surface area (Å²) in [6.07, 6.45) is -0.524. The fourth-order valence-electron chi connectivity index (χ4n) is 2.32. The van der Waals surface area contributed by atoms with Crippen molar-refractivity contribution < 1.29 is 19.4 Å². The summed E-state index contributed by atoms with van der Waals surface area (Å²) in [4.78, 5) is 25.3. The number of carbonyl (C=O) groups excluding carboxylic acids is 1. The predicted octanol–water partition coefficient (Wildman–Crippen LogP) is 3.40. The molecule has 5 heteroatoms. The number of aromatic nitrogens is 1. The molecule has 0 fully saturated rings. The number of ether oxygens (including phenoxy) is 1. The summed E-state index contributed by atoms with van der Waals surface area (Å²) >= 11 is 0. The first kappa shape index (κ1) is 14.8. The van der Waals surface area contributed by atoms with Gasteiger partial charge in [-0.1, -0.05) is 30.3 Å². The second kappa shape index (κ2) is 6.36. The molecule has 3 rings (SSSR count). The van der Waals surface area contributed by atoms with Crippen LogP contribution in [0.5, 0.6) is 5.75 Å². The van der Waals surface area contributed by atoms with E-state index < -0.39 is 18.2 Å². The number of Topliss-reactive ketones (excluding diaryl/α,β-unsaturated/α-hetero) is 1. The lowest BCUT2D eigenvalue weighted by molar-refractivity contribution is -0.135. The first-order valence-corrected chi connectivity index (χ1v) is 7.16. The van der Waals surface area contributed by atoms with E-state index in [1.807, 2.05) is 48.5 Å². The van der Waals surface area contributed by atoms with Crippen LogP contribution in [-0.2, 0) is 11.4 Å². The molecule has 2 N–H and O–H groups in total. The quantitative estimate of drug-likeness (QED) is 0.540. The molecule has 3 aromatic rings. The molecule has 116 valence electrons. The van der Waals surface area contributed by atoms with Gasteiger partial charge in [-0.15, -0.1) is 0 Å². The molecule has 23 heavy (non-hydrogen) atoms. The first-order valence-electron chi connectivity index (χ1n) is 7.16. The summed E-state index contributed by atoms with van der Waals surface area (Å²) < 4.78 is 5.74. The lowest BCUT2D eigenvalue weighted by atomic mass is 10.2. The van der Waals surface area contributed by atoms with Gasteiger partial charge in [-0.3, -0.25) is 9.59 Å². The molecule has 0 spiro atoms. The Hall–Kier alpha value is -3.08. The van der Waals surface area contributed by atoms with Gasteiger partial charge in [0.1, 0.15) is 18.8 Å². The second-order valence-electron chi connectivity index (χ2n) is 5.20. The van der Waals surface area contributed by atoms with Crippen LogP contribution in [0.1, 0.15) is 22.5 Å². The standard InChI is InChI=1S/C18H15NO4/c20-17(10-18(21)22)16-9-13-8-14(6-7-15(13)19-16)23-11-12-4-2-1-3-5-12/h1-9,19H,10-11H2,(H,21,22). The Morgan fingerprint density at radius 3 is 2.57 bits per heavy atom. The molecule has 0 aliphatic rings. The Labute approximate surface area is 132 Å². The number of carboxylic acids is 1. The Bertz CT molecular complexity index is 852. The van der Waals surface area contributed by atoms with E-state index in [1.54, 1.807) is 6.07 Å². The van der Waals surface area contributed by atoms with Crippen LogP contribution < -0.4 is 4.74 Å². The number of aromatic amines is 1. The predicted molar refractivity (Wildman–Crippen MR) is 85.7 cm³/mol. The Balaban J connectivity index is 1.76. The van der Waals surface area contributed by atoms with Gasteiger partial charge in [0, 0.05) is 10.9 Å². The van der Waals surface area contributed by atoms with E-state index in [0.29, 0.717) is 18.1 Å². The van der Waals surface area contributed by atoms with E-state index >= 15 is 0 Å². The van der Waals surface area contributed by atoms with Gasteiger partial charge in [0.2, 0.25) is 0 Å². The number of rotatable bonds is 6. The molecule has 0 bridgehead atoms. The van der Waals surface area contributed by atoms with Crippen molar-refractivity contribution in [2.24, 2.45) is 0 Å². The van der Waals surface area contributed by atoms with Crippen molar-refractivity contribution in [3.8, 4) is 5.75 Å². The fourth-order valence-corrected chi connectivity index (χ4v) is 2.32. The zero-order valence-electron chi connectivity index (χ0n) is 12.3. The molecule has 0 saturated carbocycles. The zero-order valence-corrected chi connectivity index (χ0v) is 12.3. The molecule has 0 aliphatic heterocycles. The van der Waals surface area contributed by atoms with Gasteiger partial charge in [0.25, 0.3) is 0 Å². The zero-order chi connectivity index (χ0) is 16.2. The average molecular weight is 309 g/mol. The molecule has 0 saturated heterocycles. The van der Waals surface area contributed by atoms with Crippen LogP contribution in [0.25, 0.3) is 10.9 Å². The molecule has 0 aliphatic carbocycles. The number of ketones is 1. The molecule has 0 radical (unpaired) electrons. The number of aliphatic carboxylic acids is 1. The smallest absolute Gasteiger partial charge is 0.311 e. The topological polar surface area (TPSA) is 79.4 Å². The van der Waals surface area contributed by atoms with Crippen molar-refractivity contribution in [2.75, 3.05) is 0 Å². The third kappa shape index (κ3) is 3.58. The van der Waals surface area contributed by atoms with Gasteiger partial charge in [-0.25, -0.2) is 0 Å². The van der Waals surface area contributed by atoms with Gasteiger partial charge >= 0.3 is 5.97 Å². The minimum atomic E-state index is -1.14. The lowest BCUT2D eigenvalue weighted by Gasteiger charge is -2.06. The fraction of sp³-hybridized carbons (Fsp3) is 0.111. The van der Waals surface area contributed by atoms with Gasteiger partial charge < -0.3 is 14.8 Å². The van der Waals surface area contributed by atoms with Crippen molar-refractivity contribution in [1.29, 1.82) is 0 Å². The van der Waals surface area contributed by atoms with E-state index in [9.17, 15) is 9.59 Å². The molecule has 0 amide bonds. The minimum absolute atomic E-state index is 0.294. The van der Waals surface area contributed by atoms with E-state index in [-0.39, 0.29) is 0 Å². The van der Waals surface area contributed by atoms with Crippen molar-refractivity contribution in [2.45, 2.75) is 13.0 Å². The number of H-pyrrole nitrogens is 1. The molecule has 5 nitrogen and oxygen atoms in total. The lowest BCUT2D eigenvalue weighted by Crippen LogP contribution is -2.06. The van der Waals surface area contributed by atoms with Crippen molar-refractivity contribution in [3.63, 3.8) is 0 Å². The maximum atomic E-state index is 11.8. The molecule has 2 aromatic carbocycles. The van der Waals surface area contributed by atoms with E-state index in [0.717, 1.165) is 16.5 Å². The second-order valence-corrected chi connectivity index (χ2v) is 5.20. The van der Waals surface area contributed by atoms with Crippen LogP contribution in [0, 0.1) is 0 Å². The maximum Gasteiger partial charge on any atom is 0.311 e. The monoisotopic (exact) mass is 309 g/mol. The number of hydrogen-bond acceptors (Lipinski definition) is 3. The number of hydrogen-bond donors (Lipinski definition) is 2. The van der Waals surface area contributed by atoms with Crippen LogP contribution in [0.4, 0.5) is 0 Å². The maximum absolute atomic E-state index is 11.8.